The SMILES string of the molecule is COc1ccccc1COc1ccc(CN)c(Cl)c1. The largest absolute Gasteiger partial charge is 0.496 e. The van der Waals surface area contributed by atoms with Crippen molar-refractivity contribution in [3.8, 4) is 11.5 Å². The molecule has 19 heavy (non-hydrogen) atoms. The molecule has 0 bridgehead atoms. The van der Waals surface area contributed by atoms with Crippen molar-refractivity contribution in [2.75, 3.05) is 7.11 Å². The zero-order valence-electron chi connectivity index (χ0n) is 10.7. The fourth-order valence-electron chi connectivity index (χ4n) is 1.77. The normalized spacial score (nSPS) is 10.3. The smallest absolute Gasteiger partial charge is 0.125 e. The van der Waals surface area contributed by atoms with Crippen LogP contribution in [0.5, 0.6) is 11.5 Å². The molecule has 0 fully saturated rings. The topological polar surface area (TPSA) is 44.5 Å². The van der Waals surface area contributed by atoms with E-state index in [1.54, 1.807) is 13.2 Å². The summed E-state index contributed by atoms with van der Waals surface area (Å²) in [7, 11) is 1.64. The molecule has 100 valence electrons. The highest BCUT2D eigenvalue weighted by atomic mass is 35.5. The molecule has 0 aliphatic heterocycles. The van der Waals surface area contributed by atoms with E-state index < -0.39 is 0 Å². The quantitative estimate of drug-likeness (QED) is 0.911. The van der Waals surface area contributed by atoms with Gasteiger partial charge in [-0.05, 0) is 23.8 Å². The van der Waals surface area contributed by atoms with Gasteiger partial charge in [0.1, 0.15) is 18.1 Å². The van der Waals surface area contributed by atoms with Crippen LogP contribution in [0.25, 0.3) is 0 Å². The van der Waals surface area contributed by atoms with E-state index in [0.29, 0.717) is 23.9 Å². The number of rotatable bonds is 5. The standard InChI is InChI=1S/C15H16ClNO2/c1-18-15-5-3-2-4-12(15)10-19-13-7-6-11(9-17)14(16)8-13/h2-8H,9-10,17H2,1H3. The van der Waals surface area contributed by atoms with E-state index in [1.165, 1.54) is 0 Å². The maximum Gasteiger partial charge on any atom is 0.125 e. The Morgan fingerprint density at radius 3 is 2.58 bits per heavy atom. The second-order valence-electron chi connectivity index (χ2n) is 4.06. The summed E-state index contributed by atoms with van der Waals surface area (Å²) in [5.74, 6) is 1.53. The zero-order chi connectivity index (χ0) is 13.7. The molecule has 0 aromatic heterocycles. The van der Waals surface area contributed by atoms with Crippen LogP contribution in [0.15, 0.2) is 42.5 Å². The molecule has 0 saturated carbocycles. The highest BCUT2D eigenvalue weighted by Crippen LogP contribution is 2.24. The van der Waals surface area contributed by atoms with E-state index >= 15 is 0 Å². The Bertz CT molecular complexity index is 558. The molecule has 2 aromatic rings. The maximum atomic E-state index is 6.09. The van der Waals surface area contributed by atoms with Crippen LogP contribution in [0, 0.1) is 0 Å². The highest BCUT2D eigenvalue weighted by Gasteiger charge is 2.04. The van der Waals surface area contributed by atoms with Gasteiger partial charge in [0.25, 0.3) is 0 Å². The number of benzene rings is 2. The van der Waals surface area contributed by atoms with Crippen molar-refractivity contribution in [2.24, 2.45) is 5.73 Å². The molecule has 3 nitrogen and oxygen atoms in total. The van der Waals surface area contributed by atoms with Crippen molar-refractivity contribution in [2.45, 2.75) is 13.2 Å². The minimum atomic E-state index is 0.422. The number of hydrogen-bond acceptors (Lipinski definition) is 3. The van der Waals surface area contributed by atoms with Gasteiger partial charge in [-0.2, -0.15) is 0 Å². The first-order valence-electron chi connectivity index (χ1n) is 5.97. The van der Waals surface area contributed by atoms with Crippen LogP contribution in [0.2, 0.25) is 5.02 Å². The first-order valence-corrected chi connectivity index (χ1v) is 6.35. The first kappa shape index (κ1) is 13.7. The highest BCUT2D eigenvalue weighted by molar-refractivity contribution is 6.31. The van der Waals surface area contributed by atoms with Gasteiger partial charge in [0.15, 0.2) is 0 Å². The van der Waals surface area contributed by atoms with E-state index in [2.05, 4.69) is 0 Å². The number of methoxy groups -OCH3 is 1. The lowest BCUT2D eigenvalue weighted by Gasteiger charge is -2.11. The Balaban J connectivity index is 2.08. The average molecular weight is 278 g/mol. The predicted octanol–water partition coefficient (Wildman–Crippen LogP) is 3.39. The molecule has 0 atom stereocenters. The molecule has 0 aliphatic rings. The number of nitrogens with two attached hydrogens (primary N) is 1. The van der Waals surface area contributed by atoms with Gasteiger partial charge in [-0.15, -0.1) is 0 Å². The minimum Gasteiger partial charge on any atom is -0.496 e. The number of halogens is 1. The second-order valence-corrected chi connectivity index (χ2v) is 4.47. The Labute approximate surface area is 117 Å². The van der Waals surface area contributed by atoms with Crippen molar-refractivity contribution in [3.63, 3.8) is 0 Å². The van der Waals surface area contributed by atoms with Gasteiger partial charge in [-0.3, -0.25) is 0 Å². The van der Waals surface area contributed by atoms with Gasteiger partial charge < -0.3 is 15.2 Å². The van der Waals surface area contributed by atoms with Gasteiger partial charge in [0.2, 0.25) is 0 Å². The predicted molar refractivity (Wildman–Crippen MR) is 76.7 cm³/mol. The summed E-state index contributed by atoms with van der Waals surface area (Å²) >= 11 is 6.09. The second kappa shape index (κ2) is 6.45. The molecule has 0 amide bonds. The summed E-state index contributed by atoms with van der Waals surface area (Å²) < 4.78 is 11.0. The third kappa shape index (κ3) is 3.40. The number of para-hydroxylation sites is 1. The van der Waals surface area contributed by atoms with E-state index in [0.717, 1.165) is 16.9 Å². The van der Waals surface area contributed by atoms with Crippen LogP contribution in [0.4, 0.5) is 0 Å². The van der Waals surface area contributed by atoms with Gasteiger partial charge in [0.05, 0.1) is 7.11 Å². The Hall–Kier alpha value is -1.71. The Morgan fingerprint density at radius 2 is 1.89 bits per heavy atom. The summed E-state index contributed by atoms with van der Waals surface area (Å²) in [6.45, 7) is 0.855. The van der Waals surface area contributed by atoms with Crippen molar-refractivity contribution >= 4 is 11.6 Å². The Kier molecular flexibility index (Phi) is 4.66. The molecular formula is C15H16ClNO2. The molecular weight excluding hydrogens is 262 g/mol. The van der Waals surface area contributed by atoms with Gasteiger partial charge in [-0.1, -0.05) is 35.9 Å². The molecule has 2 aromatic carbocycles. The molecule has 0 unspecified atom stereocenters. The summed E-state index contributed by atoms with van der Waals surface area (Å²) in [6, 6.07) is 13.3. The fraction of sp³-hybridized carbons (Fsp3) is 0.200. The monoisotopic (exact) mass is 277 g/mol. The minimum absolute atomic E-state index is 0.422. The van der Waals surface area contributed by atoms with Crippen LogP contribution in [-0.4, -0.2) is 7.11 Å². The van der Waals surface area contributed by atoms with Gasteiger partial charge in [-0.25, -0.2) is 0 Å². The van der Waals surface area contributed by atoms with E-state index in [-0.39, 0.29) is 0 Å². The average Bonchev–Trinajstić information content (AvgIpc) is 2.45. The Morgan fingerprint density at radius 1 is 1.11 bits per heavy atom. The summed E-state index contributed by atoms with van der Waals surface area (Å²) in [5, 5.41) is 0.625. The van der Waals surface area contributed by atoms with Crippen molar-refractivity contribution < 1.29 is 9.47 Å². The fourth-order valence-corrected chi connectivity index (χ4v) is 2.01. The van der Waals surface area contributed by atoms with Crippen molar-refractivity contribution in [1.82, 2.24) is 0 Å². The van der Waals surface area contributed by atoms with Gasteiger partial charge >= 0.3 is 0 Å². The molecule has 2 rings (SSSR count). The summed E-state index contributed by atoms with van der Waals surface area (Å²) in [6.07, 6.45) is 0. The number of hydrogen-bond donors (Lipinski definition) is 1. The maximum absolute atomic E-state index is 6.09. The first-order chi connectivity index (χ1) is 9.24. The third-order valence-corrected chi connectivity index (χ3v) is 3.18. The van der Waals surface area contributed by atoms with Crippen LogP contribution in [-0.2, 0) is 13.2 Å². The lowest BCUT2D eigenvalue weighted by Crippen LogP contribution is -2.00. The van der Waals surface area contributed by atoms with Crippen LogP contribution < -0.4 is 15.2 Å². The van der Waals surface area contributed by atoms with Gasteiger partial charge in [0, 0.05) is 17.1 Å². The lowest BCUT2D eigenvalue weighted by atomic mass is 10.2. The molecule has 0 heterocycles. The van der Waals surface area contributed by atoms with E-state index in [1.807, 2.05) is 36.4 Å². The molecule has 0 spiro atoms. The van der Waals surface area contributed by atoms with Crippen LogP contribution >= 0.6 is 11.6 Å². The molecule has 2 N–H and O–H groups in total. The molecule has 0 saturated heterocycles. The molecule has 4 heteroatoms. The summed E-state index contributed by atoms with van der Waals surface area (Å²) in [4.78, 5) is 0. The van der Waals surface area contributed by atoms with Crippen molar-refractivity contribution in [3.05, 3.63) is 58.6 Å². The summed E-state index contributed by atoms with van der Waals surface area (Å²) in [5.41, 5.74) is 7.46. The molecule has 0 aliphatic carbocycles. The van der Waals surface area contributed by atoms with Crippen molar-refractivity contribution in [1.29, 1.82) is 0 Å². The lowest BCUT2D eigenvalue weighted by molar-refractivity contribution is 0.296. The van der Waals surface area contributed by atoms with E-state index in [4.69, 9.17) is 26.8 Å². The van der Waals surface area contributed by atoms with E-state index in [9.17, 15) is 0 Å². The number of ether oxygens (including phenoxy) is 2. The van der Waals surface area contributed by atoms with Crippen LogP contribution in [0.1, 0.15) is 11.1 Å². The zero-order valence-corrected chi connectivity index (χ0v) is 11.5. The third-order valence-electron chi connectivity index (χ3n) is 2.83. The molecule has 0 radical (unpaired) electrons. The van der Waals surface area contributed by atoms with Crippen LogP contribution in [0.3, 0.4) is 0 Å².